The van der Waals surface area contributed by atoms with E-state index in [-0.39, 0.29) is 63.1 Å². The Morgan fingerprint density at radius 1 is 1.62 bits per heavy atom. The normalized spacial score (nSPS) is 13.0. The number of hydrogen-bond donors (Lipinski definition) is 0. The third kappa shape index (κ3) is 10.7. The standard InChI is InChI=1S/C4H10O2S.K/c1-4(2)3-7(5)6;/h4H,3H2,1-2H3,(H,5,6);/q;+1/p-1. The van der Waals surface area contributed by atoms with Crippen molar-refractivity contribution in [1.82, 2.24) is 0 Å². The van der Waals surface area contributed by atoms with E-state index in [0.29, 0.717) is 0 Å². The van der Waals surface area contributed by atoms with Crippen LogP contribution in [0.5, 0.6) is 0 Å². The van der Waals surface area contributed by atoms with E-state index in [1.807, 2.05) is 13.8 Å². The minimum absolute atomic E-state index is 0. The molecule has 0 spiro atoms. The van der Waals surface area contributed by atoms with Gasteiger partial charge in [-0.05, 0) is 5.92 Å². The van der Waals surface area contributed by atoms with Crippen LogP contribution in [0.2, 0.25) is 0 Å². The molecule has 8 heavy (non-hydrogen) atoms. The number of rotatable bonds is 2. The van der Waals surface area contributed by atoms with E-state index in [1.165, 1.54) is 0 Å². The van der Waals surface area contributed by atoms with Crippen LogP contribution in [0.4, 0.5) is 0 Å². The minimum atomic E-state index is -1.85. The minimum Gasteiger partial charge on any atom is -0.772 e. The van der Waals surface area contributed by atoms with E-state index >= 15 is 0 Å². The summed E-state index contributed by atoms with van der Waals surface area (Å²) in [6.45, 7) is 3.74. The molecule has 0 aliphatic carbocycles. The summed E-state index contributed by atoms with van der Waals surface area (Å²) in [6, 6.07) is 0. The van der Waals surface area contributed by atoms with Crippen molar-refractivity contribution in [2.45, 2.75) is 13.8 Å². The maximum atomic E-state index is 9.81. The van der Waals surface area contributed by atoms with Gasteiger partial charge in [-0.3, -0.25) is 4.21 Å². The van der Waals surface area contributed by atoms with E-state index in [4.69, 9.17) is 0 Å². The Labute approximate surface area is 95.1 Å². The van der Waals surface area contributed by atoms with Gasteiger partial charge in [0, 0.05) is 5.75 Å². The zero-order chi connectivity index (χ0) is 5.86. The molecule has 1 unspecified atom stereocenters. The molecule has 0 heterocycles. The van der Waals surface area contributed by atoms with E-state index in [9.17, 15) is 8.76 Å². The van der Waals surface area contributed by atoms with Gasteiger partial charge in [-0.15, -0.1) is 0 Å². The molecule has 0 radical (unpaired) electrons. The molecule has 1 atom stereocenters. The van der Waals surface area contributed by atoms with Crippen molar-refractivity contribution in [2.24, 2.45) is 5.92 Å². The second kappa shape index (κ2) is 6.86. The molecule has 0 amide bonds. The zero-order valence-corrected chi connectivity index (χ0v) is 9.45. The molecular formula is C4H9KO2S. The van der Waals surface area contributed by atoms with E-state index < -0.39 is 11.1 Å². The van der Waals surface area contributed by atoms with E-state index in [0.717, 1.165) is 0 Å². The second-order valence-electron chi connectivity index (χ2n) is 1.86. The Balaban J connectivity index is 0. The van der Waals surface area contributed by atoms with Gasteiger partial charge in [0.05, 0.1) is 0 Å². The van der Waals surface area contributed by atoms with Crippen molar-refractivity contribution in [3.8, 4) is 0 Å². The SMILES string of the molecule is CC(C)CS(=O)[O-].[K+]. The van der Waals surface area contributed by atoms with Gasteiger partial charge in [0.25, 0.3) is 0 Å². The molecule has 0 aliphatic rings. The monoisotopic (exact) mass is 160 g/mol. The number of hydrogen-bond acceptors (Lipinski definition) is 2. The Morgan fingerprint density at radius 3 is 2.00 bits per heavy atom. The third-order valence-corrected chi connectivity index (χ3v) is 1.41. The average Bonchev–Trinajstić information content (AvgIpc) is 1.27. The fourth-order valence-corrected chi connectivity index (χ4v) is 0.816. The molecule has 0 saturated carbocycles. The van der Waals surface area contributed by atoms with Crippen LogP contribution < -0.4 is 51.4 Å². The zero-order valence-electron chi connectivity index (χ0n) is 5.51. The quantitative estimate of drug-likeness (QED) is 0.332. The predicted molar refractivity (Wildman–Crippen MR) is 28.6 cm³/mol. The molecule has 0 saturated heterocycles. The predicted octanol–water partition coefficient (Wildman–Crippen LogP) is -2.47. The van der Waals surface area contributed by atoms with Crippen molar-refractivity contribution >= 4 is 11.1 Å². The van der Waals surface area contributed by atoms with Crippen molar-refractivity contribution in [2.75, 3.05) is 5.75 Å². The Hall–Kier alpha value is 1.75. The molecule has 44 valence electrons. The molecule has 0 aromatic heterocycles. The largest absolute Gasteiger partial charge is 1.00 e. The molecule has 0 aromatic carbocycles. The van der Waals surface area contributed by atoms with E-state index in [1.54, 1.807) is 0 Å². The molecule has 0 fully saturated rings. The van der Waals surface area contributed by atoms with Gasteiger partial charge in [-0.25, -0.2) is 0 Å². The molecule has 4 heteroatoms. The van der Waals surface area contributed by atoms with Gasteiger partial charge in [-0.2, -0.15) is 0 Å². The molecule has 0 aliphatic heterocycles. The summed E-state index contributed by atoms with van der Waals surface area (Å²) < 4.78 is 19.6. The van der Waals surface area contributed by atoms with Crippen LogP contribution in [-0.2, 0) is 11.1 Å². The van der Waals surface area contributed by atoms with Crippen LogP contribution in [0.1, 0.15) is 13.8 Å². The van der Waals surface area contributed by atoms with Crippen molar-refractivity contribution in [1.29, 1.82) is 0 Å². The summed E-state index contributed by atoms with van der Waals surface area (Å²) in [5.41, 5.74) is 0. The van der Waals surface area contributed by atoms with E-state index in [2.05, 4.69) is 0 Å². The van der Waals surface area contributed by atoms with Crippen molar-refractivity contribution in [3.63, 3.8) is 0 Å². The molecule has 0 bridgehead atoms. The van der Waals surface area contributed by atoms with Crippen molar-refractivity contribution < 1.29 is 60.1 Å². The summed E-state index contributed by atoms with van der Waals surface area (Å²) in [5.74, 6) is 0.540. The van der Waals surface area contributed by atoms with Gasteiger partial charge < -0.3 is 4.55 Å². The first-order valence-corrected chi connectivity index (χ1v) is 3.43. The van der Waals surface area contributed by atoms with Gasteiger partial charge in [0.2, 0.25) is 0 Å². The summed E-state index contributed by atoms with van der Waals surface area (Å²) in [5, 5.41) is 0. The van der Waals surface area contributed by atoms with Crippen LogP contribution >= 0.6 is 0 Å². The summed E-state index contributed by atoms with van der Waals surface area (Å²) in [6.07, 6.45) is 0. The molecule has 0 N–H and O–H groups in total. The van der Waals surface area contributed by atoms with Crippen LogP contribution in [-0.4, -0.2) is 14.5 Å². The molecule has 0 aromatic rings. The average molecular weight is 160 g/mol. The fourth-order valence-electron chi connectivity index (χ4n) is 0.272. The smallest absolute Gasteiger partial charge is 0.772 e. The van der Waals surface area contributed by atoms with Gasteiger partial charge in [0.1, 0.15) is 0 Å². The Bertz CT molecular complexity index is 74.4. The first-order chi connectivity index (χ1) is 3.13. The maximum Gasteiger partial charge on any atom is 1.00 e. The molecule has 2 nitrogen and oxygen atoms in total. The first kappa shape index (κ1) is 12.4. The summed E-state index contributed by atoms with van der Waals surface area (Å²) >= 11 is -1.85. The second-order valence-corrected chi connectivity index (χ2v) is 2.81. The topological polar surface area (TPSA) is 40.1 Å². The van der Waals surface area contributed by atoms with Crippen molar-refractivity contribution in [3.05, 3.63) is 0 Å². The van der Waals surface area contributed by atoms with Crippen LogP contribution in [0.25, 0.3) is 0 Å². The summed E-state index contributed by atoms with van der Waals surface area (Å²) in [4.78, 5) is 0. The van der Waals surface area contributed by atoms with Crippen LogP contribution in [0.15, 0.2) is 0 Å². The van der Waals surface area contributed by atoms with Gasteiger partial charge >= 0.3 is 51.4 Å². The molecule has 0 rings (SSSR count). The van der Waals surface area contributed by atoms with Crippen LogP contribution in [0.3, 0.4) is 0 Å². The Kier molecular flexibility index (Phi) is 10.7. The fraction of sp³-hybridized carbons (Fsp3) is 1.00. The third-order valence-electron chi connectivity index (χ3n) is 0.469. The van der Waals surface area contributed by atoms with Gasteiger partial charge in [0.15, 0.2) is 0 Å². The molecular weight excluding hydrogens is 151 g/mol. The Morgan fingerprint density at radius 2 is 2.00 bits per heavy atom. The van der Waals surface area contributed by atoms with Gasteiger partial charge in [-0.1, -0.05) is 24.9 Å². The van der Waals surface area contributed by atoms with Crippen LogP contribution in [0, 0.1) is 5.92 Å². The summed E-state index contributed by atoms with van der Waals surface area (Å²) in [7, 11) is 0. The first-order valence-electron chi connectivity index (χ1n) is 2.18. The maximum absolute atomic E-state index is 9.81.